The van der Waals surface area contributed by atoms with E-state index in [0.717, 1.165) is 44.2 Å². The zero-order chi connectivity index (χ0) is 13.6. The van der Waals surface area contributed by atoms with Gasteiger partial charge < -0.3 is 0 Å². The van der Waals surface area contributed by atoms with Crippen LogP contribution in [-0.2, 0) is 9.13 Å². The fourth-order valence-corrected chi connectivity index (χ4v) is 6.08. The SMILES string of the molecule is NP(N)(=O)NSN(C12CCC(CC1)C2)P(N)(N)=O. The number of nitrogens with zero attached hydrogens (tertiary/aromatic N) is 1. The molecule has 2 aliphatic carbocycles. The quantitative estimate of drug-likeness (QED) is 0.366. The van der Waals surface area contributed by atoms with Gasteiger partial charge in [0.1, 0.15) is 0 Å². The number of hydrogen-bond acceptors (Lipinski definition) is 3. The van der Waals surface area contributed by atoms with Crippen LogP contribution in [0.5, 0.6) is 0 Å². The molecule has 8 nitrogen and oxygen atoms in total. The molecule has 2 saturated carbocycles. The summed E-state index contributed by atoms with van der Waals surface area (Å²) in [6, 6.07) is 0. The first-order valence-electron chi connectivity index (χ1n) is 5.72. The molecule has 0 aromatic carbocycles. The van der Waals surface area contributed by atoms with Gasteiger partial charge in [0, 0.05) is 17.7 Å². The van der Waals surface area contributed by atoms with E-state index in [2.05, 4.69) is 4.49 Å². The van der Waals surface area contributed by atoms with Crippen molar-refractivity contribution in [3.05, 3.63) is 0 Å². The molecule has 2 fully saturated rings. The second-order valence-corrected chi connectivity index (χ2v) is 9.92. The lowest BCUT2D eigenvalue weighted by Gasteiger charge is -2.39. The molecule has 2 rings (SSSR count). The molecule has 2 bridgehead atoms. The summed E-state index contributed by atoms with van der Waals surface area (Å²) in [6.07, 6.45) is 4.87. The fourth-order valence-electron chi connectivity index (χ4n) is 3.02. The van der Waals surface area contributed by atoms with Crippen molar-refractivity contribution in [2.24, 2.45) is 27.9 Å². The van der Waals surface area contributed by atoms with Crippen LogP contribution in [0.1, 0.15) is 32.1 Å². The molecule has 0 radical (unpaired) electrons. The highest BCUT2D eigenvalue weighted by atomic mass is 32.2. The summed E-state index contributed by atoms with van der Waals surface area (Å²) in [6.45, 7) is 0. The van der Waals surface area contributed by atoms with Gasteiger partial charge in [-0.2, -0.15) is 8.57 Å². The summed E-state index contributed by atoms with van der Waals surface area (Å²) in [4.78, 5) is 0. The minimum absolute atomic E-state index is 0.281. The third-order valence-electron chi connectivity index (χ3n) is 3.66. The van der Waals surface area contributed by atoms with E-state index in [9.17, 15) is 9.13 Å². The smallest absolute Gasteiger partial charge is 0.271 e. The van der Waals surface area contributed by atoms with Crippen LogP contribution >= 0.6 is 27.3 Å². The molecule has 0 spiro atoms. The second kappa shape index (κ2) is 4.84. The molecular formula is C7H20N6O2P2S. The van der Waals surface area contributed by atoms with Gasteiger partial charge in [-0.15, -0.1) is 0 Å². The van der Waals surface area contributed by atoms with Crippen molar-refractivity contribution in [1.29, 1.82) is 0 Å². The molecule has 0 saturated heterocycles. The maximum atomic E-state index is 12.1. The van der Waals surface area contributed by atoms with Crippen molar-refractivity contribution in [2.45, 2.75) is 37.6 Å². The van der Waals surface area contributed by atoms with Crippen LogP contribution in [0.25, 0.3) is 0 Å². The summed E-state index contributed by atoms with van der Waals surface area (Å²) in [5.74, 6) is 0.641. The normalized spacial score (nSPS) is 32.4. The molecule has 0 heterocycles. The molecule has 18 heavy (non-hydrogen) atoms. The maximum absolute atomic E-state index is 12.1. The first-order valence-corrected chi connectivity index (χ1v) is 10.1. The average Bonchev–Trinajstić information content (AvgIpc) is 2.73. The minimum atomic E-state index is -3.46. The van der Waals surface area contributed by atoms with Crippen molar-refractivity contribution in [3.8, 4) is 0 Å². The first-order chi connectivity index (χ1) is 8.12. The van der Waals surface area contributed by atoms with E-state index in [1.165, 1.54) is 4.08 Å². The number of nitrogens with one attached hydrogen (secondary N) is 1. The monoisotopic (exact) mass is 314 g/mol. The minimum Gasteiger partial charge on any atom is -0.271 e. The summed E-state index contributed by atoms with van der Waals surface area (Å²) in [5.41, 5.74) is 21.4. The Hall–Kier alpha value is 0.570. The zero-order valence-corrected chi connectivity index (χ0v) is 12.6. The molecule has 0 amide bonds. The molecule has 0 atom stereocenters. The summed E-state index contributed by atoms with van der Waals surface area (Å²) >= 11 is 0.840. The van der Waals surface area contributed by atoms with Gasteiger partial charge in [0.05, 0.1) is 0 Å². The largest absolute Gasteiger partial charge is 0.287 e. The highest BCUT2D eigenvalue weighted by Crippen LogP contribution is 2.59. The van der Waals surface area contributed by atoms with Crippen LogP contribution in [0.2, 0.25) is 0 Å². The Morgan fingerprint density at radius 2 is 1.72 bits per heavy atom. The zero-order valence-electron chi connectivity index (χ0n) is 9.99. The number of hydrogen-bond donors (Lipinski definition) is 5. The number of nitrogens with two attached hydrogens (primary N) is 4. The molecule has 0 aliphatic heterocycles. The Labute approximate surface area is 111 Å². The molecule has 106 valence electrons. The standard InChI is InChI=1S/C7H20N6O2P2S/c8-16(9,14)12-18-13(17(10,11)15)7-3-1-6(5-7)2-4-7/h6H,1-5H2,(H4,10,11,15)(H5,8,9,12,14). The van der Waals surface area contributed by atoms with E-state index in [0.29, 0.717) is 5.92 Å². The van der Waals surface area contributed by atoms with Crippen LogP contribution < -0.4 is 26.5 Å². The number of fused-ring (bicyclic) bond motifs is 2. The molecule has 0 aromatic heterocycles. The van der Waals surface area contributed by atoms with Gasteiger partial charge >= 0.3 is 0 Å². The molecule has 9 N–H and O–H groups in total. The summed E-state index contributed by atoms with van der Waals surface area (Å²) in [7, 11) is -6.88. The van der Waals surface area contributed by atoms with Crippen LogP contribution in [0.3, 0.4) is 0 Å². The number of rotatable bonds is 5. The van der Waals surface area contributed by atoms with E-state index in [1.54, 1.807) is 0 Å². The molecule has 0 unspecified atom stereocenters. The van der Waals surface area contributed by atoms with E-state index in [-0.39, 0.29) is 5.54 Å². The van der Waals surface area contributed by atoms with E-state index in [4.69, 9.17) is 22.0 Å². The van der Waals surface area contributed by atoms with Gasteiger partial charge in [-0.1, -0.05) is 0 Å². The van der Waals surface area contributed by atoms with E-state index >= 15 is 0 Å². The van der Waals surface area contributed by atoms with Gasteiger partial charge in [0.15, 0.2) is 0 Å². The van der Waals surface area contributed by atoms with Crippen LogP contribution in [0, 0.1) is 5.92 Å². The topological polar surface area (TPSA) is 153 Å². The molecule has 0 aromatic rings. The third kappa shape index (κ3) is 3.17. The van der Waals surface area contributed by atoms with Gasteiger partial charge in [-0.3, -0.25) is 31.1 Å². The lowest BCUT2D eigenvalue weighted by atomic mass is 9.95. The Morgan fingerprint density at radius 1 is 1.17 bits per heavy atom. The van der Waals surface area contributed by atoms with Crippen LogP contribution in [0.15, 0.2) is 0 Å². The average molecular weight is 314 g/mol. The highest BCUT2D eigenvalue weighted by Gasteiger charge is 2.53. The fraction of sp³-hybridized carbons (Fsp3) is 1.00. The van der Waals surface area contributed by atoms with Gasteiger partial charge in [-0.05, 0) is 38.0 Å². The van der Waals surface area contributed by atoms with Crippen LogP contribution in [-0.4, -0.2) is 9.61 Å². The predicted octanol–water partition coefficient (Wildman–Crippen LogP) is 0.825. The molecule has 11 heteroatoms. The van der Waals surface area contributed by atoms with Gasteiger partial charge in [0.25, 0.3) is 15.2 Å². The van der Waals surface area contributed by atoms with Crippen LogP contribution in [0.4, 0.5) is 0 Å². The summed E-state index contributed by atoms with van der Waals surface area (Å²) in [5, 5.41) is 0. The predicted molar refractivity (Wildman–Crippen MR) is 73.8 cm³/mol. The van der Waals surface area contributed by atoms with Crippen molar-refractivity contribution in [3.63, 3.8) is 0 Å². The lowest BCUT2D eigenvalue weighted by molar-refractivity contribution is 0.289. The Balaban J connectivity index is 2.16. The van der Waals surface area contributed by atoms with Crippen molar-refractivity contribution >= 4 is 27.3 Å². The lowest BCUT2D eigenvalue weighted by Crippen LogP contribution is -2.44. The Bertz CT molecular complexity index is 414. The van der Waals surface area contributed by atoms with Gasteiger partial charge in [0.2, 0.25) is 0 Å². The molecule has 2 aliphatic rings. The summed E-state index contributed by atoms with van der Waals surface area (Å²) < 4.78 is 27.2. The van der Waals surface area contributed by atoms with Crippen molar-refractivity contribution in [2.75, 3.05) is 0 Å². The van der Waals surface area contributed by atoms with Gasteiger partial charge in [-0.25, -0.2) is 0 Å². The Morgan fingerprint density at radius 3 is 2.06 bits per heavy atom. The van der Waals surface area contributed by atoms with E-state index < -0.39 is 15.2 Å². The third-order valence-corrected chi connectivity index (χ3v) is 7.70. The Kier molecular flexibility index (Phi) is 4.03. The molecular weight excluding hydrogens is 294 g/mol. The highest BCUT2D eigenvalue weighted by molar-refractivity contribution is 8.04. The first kappa shape index (κ1) is 15.0. The second-order valence-electron chi connectivity index (χ2n) is 5.21. The maximum Gasteiger partial charge on any atom is 0.287 e. The van der Waals surface area contributed by atoms with Crippen molar-refractivity contribution in [1.82, 2.24) is 8.57 Å². The van der Waals surface area contributed by atoms with Crippen molar-refractivity contribution < 1.29 is 9.13 Å². The van der Waals surface area contributed by atoms with E-state index in [1.807, 2.05) is 0 Å².